The molecule has 0 aliphatic heterocycles. The topological polar surface area (TPSA) is 109 Å². The molecule has 1 aliphatic rings. The molecule has 218 valence electrons. The number of aliphatic imine (C=N–C) groups is 1. The van der Waals surface area contributed by atoms with E-state index < -0.39 is 0 Å². The summed E-state index contributed by atoms with van der Waals surface area (Å²) in [6.07, 6.45) is 8.68. The van der Waals surface area contributed by atoms with Crippen LogP contribution in [0.4, 0.5) is 23.0 Å². The van der Waals surface area contributed by atoms with Gasteiger partial charge in [-0.05, 0) is 54.0 Å². The Morgan fingerprint density at radius 1 is 1.07 bits per heavy atom. The van der Waals surface area contributed by atoms with Crippen molar-refractivity contribution in [2.24, 2.45) is 16.6 Å². The normalized spacial score (nSPS) is 14.1. The molecule has 4 aromatic rings. The number of nitrogens with zero attached hydrogens (tertiary/aromatic N) is 3. The fraction of sp³-hybridized carbons (Fsp3) is 0.324. The first-order valence-corrected chi connectivity index (χ1v) is 14.6. The second kappa shape index (κ2) is 12.5. The van der Waals surface area contributed by atoms with Gasteiger partial charge in [-0.25, -0.2) is 9.98 Å². The van der Waals surface area contributed by atoms with Crippen LogP contribution in [0.3, 0.4) is 0 Å². The largest absolute Gasteiger partial charge is 0.438 e. The number of nitrogens with two attached hydrogens (primary N) is 1. The van der Waals surface area contributed by atoms with Crippen LogP contribution >= 0.6 is 0 Å². The number of aromatic nitrogens is 2. The van der Waals surface area contributed by atoms with E-state index in [1.165, 1.54) is 31.2 Å². The van der Waals surface area contributed by atoms with Gasteiger partial charge in [-0.15, -0.1) is 0 Å². The fourth-order valence-corrected chi connectivity index (χ4v) is 5.40. The second-order valence-electron chi connectivity index (χ2n) is 11.8. The minimum absolute atomic E-state index is 0.0455. The molecule has 1 saturated carbocycles. The molecule has 8 heteroatoms. The molecule has 5 rings (SSSR count). The van der Waals surface area contributed by atoms with E-state index in [-0.39, 0.29) is 11.4 Å². The number of anilines is 3. The molecule has 8 nitrogen and oxygen atoms in total. The zero-order valence-electron chi connectivity index (χ0n) is 25.0. The molecule has 3 aromatic carbocycles. The standard InChI is InChI=1S/C34H41N7O/c1-6-24-28(36-5)19-23(34(2,3)4)20-29(24)40-32(35)39-27-15-16-30(26-14-10-9-13-25(26)27)42-31-17-18-37-33(41-31)38-21-22-11-7-8-12-22/h6,9-10,13-20,22,36H,1,7-8,11-12,21H2,2-5H3,(H3,35,39,40)(H,37,38,41). The molecule has 1 heterocycles. The van der Waals surface area contributed by atoms with Crippen LogP contribution in [0, 0.1) is 5.92 Å². The van der Waals surface area contributed by atoms with Gasteiger partial charge < -0.3 is 26.4 Å². The van der Waals surface area contributed by atoms with Crippen LogP contribution in [0.2, 0.25) is 0 Å². The van der Waals surface area contributed by atoms with Crippen molar-refractivity contribution in [2.45, 2.75) is 51.9 Å². The summed E-state index contributed by atoms with van der Waals surface area (Å²) in [5, 5.41) is 11.8. The number of ether oxygens (including phenoxy) is 1. The lowest BCUT2D eigenvalue weighted by Gasteiger charge is -2.23. The van der Waals surface area contributed by atoms with Gasteiger partial charge in [0.05, 0.1) is 11.4 Å². The highest BCUT2D eigenvalue weighted by atomic mass is 16.5. The summed E-state index contributed by atoms with van der Waals surface area (Å²) in [4.78, 5) is 13.7. The smallest absolute Gasteiger partial charge is 0.225 e. The molecule has 0 bridgehead atoms. The van der Waals surface area contributed by atoms with Crippen LogP contribution in [0.25, 0.3) is 16.8 Å². The number of guanidine groups is 1. The SMILES string of the molecule is C=Cc1c(NC)cc(C(C)(C)C)cc1NC(N)=Nc1ccc(Oc2ccnc(NCC3CCCC3)n2)c2ccccc12. The number of nitrogens with one attached hydrogen (secondary N) is 3. The van der Waals surface area contributed by atoms with E-state index in [0.717, 1.165) is 39.9 Å². The van der Waals surface area contributed by atoms with Gasteiger partial charge >= 0.3 is 0 Å². The van der Waals surface area contributed by atoms with Gasteiger partial charge in [0.15, 0.2) is 5.96 Å². The fourth-order valence-electron chi connectivity index (χ4n) is 5.40. The van der Waals surface area contributed by atoms with Gasteiger partial charge in [-0.2, -0.15) is 4.98 Å². The minimum Gasteiger partial charge on any atom is -0.438 e. The van der Waals surface area contributed by atoms with Gasteiger partial charge in [-0.1, -0.05) is 70.5 Å². The van der Waals surface area contributed by atoms with Crippen molar-refractivity contribution in [2.75, 3.05) is 29.5 Å². The molecular formula is C34H41N7O. The molecule has 1 fully saturated rings. The van der Waals surface area contributed by atoms with E-state index in [4.69, 9.17) is 15.5 Å². The third-order valence-corrected chi connectivity index (χ3v) is 7.75. The molecule has 42 heavy (non-hydrogen) atoms. The van der Waals surface area contributed by atoms with Crippen LogP contribution in [-0.4, -0.2) is 29.5 Å². The maximum atomic E-state index is 6.48. The van der Waals surface area contributed by atoms with Gasteiger partial charge in [-0.3, -0.25) is 0 Å². The average Bonchev–Trinajstić information content (AvgIpc) is 3.50. The van der Waals surface area contributed by atoms with Gasteiger partial charge in [0.1, 0.15) is 5.75 Å². The monoisotopic (exact) mass is 563 g/mol. The van der Waals surface area contributed by atoms with Crippen molar-refractivity contribution in [1.82, 2.24) is 9.97 Å². The van der Waals surface area contributed by atoms with E-state index in [2.05, 4.69) is 65.4 Å². The first-order valence-electron chi connectivity index (χ1n) is 14.6. The predicted octanol–water partition coefficient (Wildman–Crippen LogP) is 8.06. The zero-order valence-corrected chi connectivity index (χ0v) is 25.0. The quantitative estimate of drug-likeness (QED) is 0.120. The Bertz CT molecular complexity index is 1600. The average molecular weight is 564 g/mol. The third-order valence-electron chi connectivity index (χ3n) is 7.75. The number of benzene rings is 3. The van der Waals surface area contributed by atoms with Crippen molar-refractivity contribution >= 4 is 45.8 Å². The summed E-state index contributed by atoms with van der Waals surface area (Å²) in [5.74, 6) is 2.71. The summed E-state index contributed by atoms with van der Waals surface area (Å²) in [7, 11) is 1.90. The molecule has 0 unspecified atom stereocenters. The van der Waals surface area contributed by atoms with Gasteiger partial charge in [0.25, 0.3) is 0 Å². The number of fused-ring (bicyclic) bond motifs is 1. The van der Waals surface area contributed by atoms with E-state index >= 15 is 0 Å². The van der Waals surface area contributed by atoms with Crippen molar-refractivity contribution in [3.8, 4) is 11.6 Å². The summed E-state index contributed by atoms with van der Waals surface area (Å²) >= 11 is 0. The Hall–Kier alpha value is -4.59. The molecule has 0 spiro atoms. The van der Waals surface area contributed by atoms with Crippen LogP contribution in [0.1, 0.15) is 57.6 Å². The molecular weight excluding hydrogens is 522 g/mol. The van der Waals surface area contributed by atoms with Crippen LogP contribution in [0.15, 0.2) is 72.4 Å². The Labute approximate surface area is 248 Å². The van der Waals surface area contributed by atoms with Crippen LogP contribution in [0.5, 0.6) is 11.6 Å². The summed E-state index contributed by atoms with van der Waals surface area (Å²) < 4.78 is 6.26. The molecule has 0 saturated heterocycles. The summed E-state index contributed by atoms with van der Waals surface area (Å²) in [6.45, 7) is 11.4. The van der Waals surface area contributed by atoms with Crippen molar-refractivity contribution in [3.63, 3.8) is 0 Å². The van der Waals surface area contributed by atoms with Crippen molar-refractivity contribution in [1.29, 1.82) is 0 Å². The summed E-state index contributed by atoms with van der Waals surface area (Å²) in [6, 6.07) is 17.8. The van der Waals surface area contributed by atoms with Crippen molar-refractivity contribution < 1.29 is 4.74 Å². The Balaban J connectivity index is 1.40. The van der Waals surface area contributed by atoms with E-state index in [9.17, 15) is 0 Å². The molecule has 0 amide bonds. The first kappa shape index (κ1) is 28.9. The van der Waals surface area contributed by atoms with Crippen LogP contribution < -0.4 is 26.4 Å². The number of hydrogen-bond donors (Lipinski definition) is 4. The van der Waals surface area contributed by atoms with E-state index in [1.54, 1.807) is 12.3 Å². The Morgan fingerprint density at radius 2 is 1.81 bits per heavy atom. The first-order chi connectivity index (χ1) is 20.2. The Morgan fingerprint density at radius 3 is 2.52 bits per heavy atom. The maximum absolute atomic E-state index is 6.48. The van der Waals surface area contributed by atoms with Gasteiger partial charge in [0, 0.05) is 47.9 Å². The molecule has 1 aliphatic carbocycles. The van der Waals surface area contributed by atoms with Gasteiger partial charge in [0.2, 0.25) is 11.8 Å². The van der Waals surface area contributed by atoms with Crippen molar-refractivity contribution in [3.05, 3.63) is 78.5 Å². The predicted molar refractivity (Wildman–Crippen MR) is 176 cm³/mol. The lowest BCUT2D eigenvalue weighted by molar-refractivity contribution is 0.467. The Kier molecular flexibility index (Phi) is 8.61. The third kappa shape index (κ3) is 6.65. The van der Waals surface area contributed by atoms with E-state index in [1.807, 2.05) is 49.5 Å². The highest BCUT2D eigenvalue weighted by Crippen LogP contribution is 2.37. The second-order valence-corrected chi connectivity index (χ2v) is 11.8. The number of hydrogen-bond acceptors (Lipinski definition) is 6. The molecule has 0 atom stereocenters. The van der Waals surface area contributed by atoms with Crippen LogP contribution in [-0.2, 0) is 5.41 Å². The zero-order chi connectivity index (χ0) is 29.7. The van der Waals surface area contributed by atoms with E-state index in [0.29, 0.717) is 23.5 Å². The number of rotatable bonds is 9. The molecule has 1 aromatic heterocycles. The molecule has 0 radical (unpaired) electrons. The summed E-state index contributed by atoms with van der Waals surface area (Å²) in [5.41, 5.74) is 11.1. The maximum Gasteiger partial charge on any atom is 0.225 e. The lowest BCUT2D eigenvalue weighted by atomic mass is 9.85. The molecule has 5 N–H and O–H groups in total. The highest BCUT2D eigenvalue weighted by Gasteiger charge is 2.19. The minimum atomic E-state index is -0.0455. The highest BCUT2D eigenvalue weighted by molar-refractivity contribution is 6.02. The lowest BCUT2D eigenvalue weighted by Crippen LogP contribution is -2.23.